The van der Waals surface area contributed by atoms with E-state index in [-0.39, 0.29) is 18.0 Å². The lowest BCUT2D eigenvalue weighted by Gasteiger charge is -2.09. The van der Waals surface area contributed by atoms with Crippen LogP contribution in [0.25, 0.3) is 5.69 Å². The molecule has 0 fully saturated rings. The van der Waals surface area contributed by atoms with Gasteiger partial charge in [0.25, 0.3) is 5.91 Å². The van der Waals surface area contributed by atoms with E-state index in [1.165, 1.54) is 23.9 Å². The molecule has 0 atom stereocenters. The van der Waals surface area contributed by atoms with E-state index in [2.05, 4.69) is 10.4 Å². The van der Waals surface area contributed by atoms with Gasteiger partial charge in [-0.15, -0.1) is 0 Å². The summed E-state index contributed by atoms with van der Waals surface area (Å²) in [6, 6.07) is 13.9. The van der Waals surface area contributed by atoms with Crippen molar-refractivity contribution in [3.05, 3.63) is 77.6 Å². The Hall–Kier alpha value is -3.29. The third-order valence-corrected chi connectivity index (χ3v) is 3.84. The van der Waals surface area contributed by atoms with E-state index in [9.17, 15) is 18.0 Å². The summed E-state index contributed by atoms with van der Waals surface area (Å²) in [5.74, 6) is -0.278. The molecule has 0 aliphatic rings. The maximum atomic E-state index is 12.8. The Kier molecular flexibility index (Phi) is 5.16. The standard InChI is InChI=1S/C19H16F3N3O2/c1-27-16-12-25(15-8-3-2-4-9-15)24-17(16)18(26)23-11-13-6-5-7-14(10-13)19(20,21)22/h2-10,12H,11H2,1H3,(H,23,26). The van der Waals surface area contributed by atoms with Gasteiger partial charge in [-0.2, -0.15) is 18.3 Å². The van der Waals surface area contributed by atoms with E-state index in [0.717, 1.165) is 17.8 Å². The van der Waals surface area contributed by atoms with Crippen molar-refractivity contribution in [2.24, 2.45) is 0 Å². The van der Waals surface area contributed by atoms with Crippen molar-refractivity contribution in [1.82, 2.24) is 15.1 Å². The highest BCUT2D eigenvalue weighted by molar-refractivity contribution is 5.94. The molecule has 3 rings (SSSR count). The molecule has 1 N–H and O–H groups in total. The summed E-state index contributed by atoms with van der Waals surface area (Å²) in [5, 5.41) is 6.79. The maximum absolute atomic E-state index is 12.8. The number of hydrogen-bond donors (Lipinski definition) is 1. The average Bonchev–Trinajstić information content (AvgIpc) is 3.11. The molecule has 1 amide bonds. The highest BCUT2D eigenvalue weighted by atomic mass is 19.4. The average molecular weight is 375 g/mol. The van der Waals surface area contributed by atoms with E-state index < -0.39 is 17.6 Å². The molecule has 0 saturated carbocycles. The lowest BCUT2D eigenvalue weighted by molar-refractivity contribution is -0.137. The summed E-state index contributed by atoms with van der Waals surface area (Å²) in [4.78, 5) is 12.4. The van der Waals surface area contributed by atoms with Gasteiger partial charge in [-0.05, 0) is 29.8 Å². The third kappa shape index (κ3) is 4.28. The highest BCUT2D eigenvalue weighted by Gasteiger charge is 2.30. The van der Waals surface area contributed by atoms with Crippen molar-refractivity contribution in [3.63, 3.8) is 0 Å². The number of nitrogens with one attached hydrogen (secondary N) is 1. The van der Waals surface area contributed by atoms with Gasteiger partial charge in [-0.1, -0.05) is 30.3 Å². The third-order valence-electron chi connectivity index (χ3n) is 3.84. The Bertz CT molecular complexity index is 937. The summed E-state index contributed by atoms with van der Waals surface area (Å²) in [7, 11) is 1.41. The van der Waals surface area contributed by atoms with Crippen LogP contribution in [-0.2, 0) is 12.7 Å². The van der Waals surface area contributed by atoms with Crippen molar-refractivity contribution in [2.45, 2.75) is 12.7 Å². The Morgan fingerprint density at radius 1 is 1.15 bits per heavy atom. The molecular weight excluding hydrogens is 359 g/mol. The fourth-order valence-corrected chi connectivity index (χ4v) is 2.50. The van der Waals surface area contributed by atoms with Crippen LogP contribution in [0.1, 0.15) is 21.6 Å². The van der Waals surface area contributed by atoms with Crippen molar-refractivity contribution in [1.29, 1.82) is 0 Å². The van der Waals surface area contributed by atoms with Crippen LogP contribution >= 0.6 is 0 Å². The smallest absolute Gasteiger partial charge is 0.416 e. The molecule has 0 aliphatic heterocycles. The van der Waals surface area contributed by atoms with Gasteiger partial charge >= 0.3 is 6.18 Å². The van der Waals surface area contributed by atoms with Gasteiger partial charge in [0.05, 0.1) is 24.6 Å². The zero-order valence-corrected chi connectivity index (χ0v) is 14.3. The second kappa shape index (κ2) is 7.53. The van der Waals surface area contributed by atoms with Gasteiger partial charge in [0.15, 0.2) is 11.4 Å². The Morgan fingerprint density at radius 3 is 2.56 bits per heavy atom. The monoisotopic (exact) mass is 375 g/mol. The van der Waals surface area contributed by atoms with Crippen molar-refractivity contribution in [3.8, 4) is 11.4 Å². The van der Waals surface area contributed by atoms with Crippen LogP contribution in [0.2, 0.25) is 0 Å². The number of hydrogen-bond acceptors (Lipinski definition) is 3. The lowest BCUT2D eigenvalue weighted by Crippen LogP contribution is -2.24. The summed E-state index contributed by atoms with van der Waals surface area (Å²) < 4.78 is 45.0. The Balaban J connectivity index is 1.76. The van der Waals surface area contributed by atoms with E-state index in [1.54, 1.807) is 6.20 Å². The number of carbonyl (C=O) groups excluding carboxylic acids is 1. The van der Waals surface area contributed by atoms with Crippen LogP contribution in [0.3, 0.4) is 0 Å². The number of rotatable bonds is 5. The summed E-state index contributed by atoms with van der Waals surface area (Å²) in [5.41, 5.74) is 0.362. The van der Waals surface area contributed by atoms with Crippen LogP contribution in [-0.4, -0.2) is 22.8 Å². The molecule has 8 heteroatoms. The molecule has 1 heterocycles. The van der Waals surface area contributed by atoms with E-state index in [4.69, 9.17) is 4.74 Å². The lowest BCUT2D eigenvalue weighted by atomic mass is 10.1. The van der Waals surface area contributed by atoms with E-state index in [0.29, 0.717) is 5.56 Å². The van der Waals surface area contributed by atoms with Gasteiger partial charge in [0.1, 0.15) is 0 Å². The number of para-hydroxylation sites is 1. The number of methoxy groups -OCH3 is 1. The number of benzene rings is 2. The first-order chi connectivity index (χ1) is 12.9. The van der Waals surface area contributed by atoms with Crippen LogP contribution in [0.4, 0.5) is 13.2 Å². The predicted octanol–water partition coefficient (Wildman–Crippen LogP) is 3.83. The minimum absolute atomic E-state index is 0.0494. The van der Waals surface area contributed by atoms with Gasteiger partial charge in [-0.3, -0.25) is 4.79 Å². The minimum atomic E-state index is -4.43. The number of alkyl halides is 3. The van der Waals surface area contributed by atoms with Crippen molar-refractivity contribution in [2.75, 3.05) is 7.11 Å². The SMILES string of the molecule is COc1cn(-c2ccccc2)nc1C(=O)NCc1cccc(C(F)(F)F)c1. The topological polar surface area (TPSA) is 56.2 Å². The second-order valence-corrected chi connectivity index (χ2v) is 5.71. The molecule has 5 nitrogen and oxygen atoms in total. The fraction of sp³-hybridized carbons (Fsp3) is 0.158. The van der Waals surface area contributed by atoms with Gasteiger partial charge in [-0.25, -0.2) is 4.68 Å². The zero-order valence-electron chi connectivity index (χ0n) is 14.3. The first-order valence-electron chi connectivity index (χ1n) is 8.02. The largest absolute Gasteiger partial charge is 0.493 e. The van der Waals surface area contributed by atoms with Crippen LogP contribution in [0, 0.1) is 0 Å². The molecule has 0 aliphatic carbocycles. The zero-order chi connectivity index (χ0) is 19.4. The number of ether oxygens (including phenoxy) is 1. The molecule has 140 valence electrons. The second-order valence-electron chi connectivity index (χ2n) is 5.71. The Labute approximate surface area is 153 Å². The summed E-state index contributed by atoms with van der Waals surface area (Å²) >= 11 is 0. The normalized spacial score (nSPS) is 11.3. The summed E-state index contributed by atoms with van der Waals surface area (Å²) in [6.07, 6.45) is -2.87. The molecule has 0 spiro atoms. The quantitative estimate of drug-likeness (QED) is 0.737. The molecule has 0 bridgehead atoms. The molecule has 0 saturated heterocycles. The van der Waals surface area contributed by atoms with Gasteiger partial charge in [0.2, 0.25) is 0 Å². The van der Waals surface area contributed by atoms with E-state index >= 15 is 0 Å². The number of nitrogens with zero attached hydrogens (tertiary/aromatic N) is 2. The van der Waals surface area contributed by atoms with Crippen LogP contribution in [0.5, 0.6) is 5.75 Å². The highest BCUT2D eigenvalue weighted by Crippen LogP contribution is 2.29. The molecule has 2 aromatic carbocycles. The Morgan fingerprint density at radius 2 is 1.89 bits per heavy atom. The maximum Gasteiger partial charge on any atom is 0.416 e. The number of amides is 1. The van der Waals surface area contributed by atoms with Gasteiger partial charge < -0.3 is 10.1 Å². The summed E-state index contributed by atoms with van der Waals surface area (Å²) in [6.45, 7) is -0.0654. The molecule has 27 heavy (non-hydrogen) atoms. The first-order valence-corrected chi connectivity index (χ1v) is 8.02. The minimum Gasteiger partial charge on any atom is -0.493 e. The van der Waals surface area contributed by atoms with Crippen LogP contribution in [0.15, 0.2) is 60.8 Å². The molecule has 0 unspecified atom stereocenters. The molecule has 1 aromatic heterocycles. The fourth-order valence-electron chi connectivity index (χ4n) is 2.50. The number of carbonyl (C=O) groups is 1. The molecular formula is C19H16F3N3O2. The molecule has 3 aromatic rings. The van der Waals surface area contributed by atoms with Crippen molar-refractivity contribution >= 4 is 5.91 Å². The first kappa shape index (κ1) is 18.5. The number of halogens is 3. The van der Waals surface area contributed by atoms with Gasteiger partial charge in [0, 0.05) is 6.54 Å². The predicted molar refractivity (Wildman–Crippen MR) is 92.7 cm³/mol. The number of aromatic nitrogens is 2. The molecule has 0 radical (unpaired) electrons. The van der Waals surface area contributed by atoms with Crippen LogP contribution < -0.4 is 10.1 Å². The van der Waals surface area contributed by atoms with E-state index in [1.807, 2.05) is 30.3 Å². The van der Waals surface area contributed by atoms with Crippen molar-refractivity contribution < 1.29 is 22.7 Å².